The van der Waals surface area contributed by atoms with E-state index in [1.54, 1.807) is 0 Å². The molecule has 1 spiro atoms. The minimum Gasteiger partial charge on any atom is -0.490 e. The van der Waals surface area contributed by atoms with Gasteiger partial charge in [-0.2, -0.15) is 0 Å². The van der Waals surface area contributed by atoms with Gasteiger partial charge in [0, 0.05) is 43.2 Å². The number of likely N-dealkylation sites (N-methyl/N-ethyl adjacent to an activating group) is 1. The molecule has 1 aromatic carbocycles. The van der Waals surface area contributed by atoms with Gasteiger partial charge in [-0.3, -0.25) is 9.69 Å². The predicted octanol–water partition coefficient (Wildman–Crippen LogP) is 4.27. The average molecular weight is 381 g/mol. The molecule has 2 aliphatic heterocycles. The number of nitrogens with zero attached hydrogens (tertiary/aromatic N) is 2. The number of rotatable bonds is 4. The van der Waals surface area contributed by atoms with Crippen LogP contribution >= 0.6 is 0 Å². The second kappa shape index (κ2) is 7.75. The number of carbonyl (C=O) groups is 1. The molecule has 4 heteroatoms. The molecule has 28 heavy (non-hydrogen) atoms. The maximum Gasteiger partial charge on any atom is 0.133 e. The summed E-state index contributed by atoms with van der Waals surface area (Å²) in [4.78, 5) is 17.0. The zero-order valence-corrected chi connectivity index (χ0v) is 17.4. The van der Waals surface area contributed by atoms with E-state index < -0.39 is 0 Å². The first-order chi connectivity index (χ1) is 13.4. The Balaban J connectivity index is 1.51. The number of carbonyl (C=O) groups excluding carboxylic acids is 1. The molecule has 0 radical (unpaired) electrons. The molecule has 1 aromatic rings. The molecule has 0 amide bonds. The van der Waals surface area contributed by atoms with Crippen LogP contribution in [0.25, 0.3) is 6.08 Å². The molecule has 3 fully saturated rings. The van der Waals surface area contributed by atoms with Crippen LogP contribution in [0.15, 0.2) is 41.6 Å². The molecule has 3 aliphatic rings. The molecule has 0 aromatic heterocycles. The molecular formula is C24H32N2O2. The third-order valence-electron chi connectivity index (χ3n) is 6.66. The molecule has 4 nitrogen and oxygen atoms in total. The van der Waals surface area contributed by atoms with Crippen molar-refractivity contribution in [3.63, 3.8) is 0 Å². The fourth-order valence-electron chi connectivity index (χ4n) is 4.95. The Bertz CT molecular complexity index is 779. The number of allylic oxidation sites excluding steroid dienone is 1. The van der Waals surface area contributed by atoms with Crippen molar-refractivity contribution < 1.29 is 9.53 Å². The first-order valence-electron chi connectivity index (χ1n) is 10.5. The lowest BCUT2D eigenvalue weighted by atomic mass is 9.78. The number of Topliss-reactive ketones (excluding diaryl/α,β-unsaturated/α-hetero) is 1. The summed E-state index contributed by atoms with van der Waals surface area (Å²) in [5.41, 5.74) is 4.07. The molecule has 2 bridgehead atoms. The van der Waals surface area contributed by atoms with Crippen molar-refractivity contribution in [2.45, 2.75) is 57.5 Å². The Labute approximate surface area is 168 Å². The van der Waals surface area contributed by atoms with Gasteiger partial charge >= 0.3 is 0 Å². The van der Waals surface area contributed by atoms with Gasteiger partial charge in [0.25, 0.3) is 0 Å². The number of hydrogen-bond donors (Lipinski definition) is 0. The van der Waals surface area contributed by atoms with Crippen molar-refractivity contribution in [3.8, 4) is 5.75 Å². The highest BCUT2D eigenvalue weighted by molar-refractivity contribution is 5.79. The number of hydrogen-bond acceptors (Lipinski definition) is 4. The van der Waals surface area contributed by atoms with Crippen molar-refractivity contribution in [1.82, 2.24) is 9.80 Å². The van der Waals surface area contributed by atoms with E-state index in [0.29, 0.717) is 18.4 Å². The summed E-state index contributed by atoms with van der Waals surface area (Å²) < 4.78 is 5.78. The summed E-state index contributed by atoms with van der Waals surface area (Å²) in [6.07, 6.45) is 9.15. The van der Waals surface area contributed by atoms with Gasteiger partial charge in [0.1, 0.15) is 18.1 Å². The van der Waals surface area contributed by atoms with Crippen LogP contribution in [0.4, 0.5) is 0 Å². The van der Waals surface area contributed by atoms with Gasteiger partial charge in [0.05, 0.1) is 0 Å². The zero-order valence-electron chi connectivity index (χ0n) is 17.4. The van der Waals surface area contributed by atoms with E-state index in [2.05, 4.69) is 67.1 Å². The van der Waals surface area contributed by atoms with Gasteiger partial charge < -0.3 is 9.64 Å². The number of benzene rings is 1. The summed E-state index contributed by atoms with van der Waals surface area (Å²) in [6, 6.07) is 9.02. The van der Waals surface area contributed by atoms with Crippen LogP contribution in [0.3, 0.4) is 0 Å². The fraction of sp³-hybridized carbons (Fsp3) is 0.542. The SMILES string of the molecule is CC(C)=CCOc1ccc(/C=C2/CN(C)[C@@H]3CN2C2(CCC(=O)CC2)C3)cc1. The molecule has 1 saturated carbocycles. The second-order valence-corrected chi connectivity index (χ2v) is 8.94. The highest BCUT2D eigenvalue weighted by atomic mass is 16.5. The minimum atomic E-state index is 0.197. The molecule has 2 heterocycles. The average Bonchev–Trinajstić information content (AvgIpc) is 2.99. The molecule has 2 saturated heterocycles. The van der Waals surface area contributed by atoms with Crippen molar-refractivity contribution in [3.05, 3.63) is 47.2 Å². The van der Waals surface area contributed by atoms with Crippen LogP contribution in [0.1, 0.15) is 51.5 Å². The summed E-state index contributed by atoms with van der Waals surface area (Å²) in [6.45, 7) is 6.86. The number of fused-ring (bicyclic) bond motifs is 3. The van der Waals surface area contributed by atoms with Crippen LogP contribution in [-0.2, 0) is 4.79 Å². The van der Waals surface area contributed by atoms with Crippen molar-refractivity contribution >= 4 is 11.9 Å². The van der Waals surface area contributed by atoms with E-state index in [1.807, 2.05) is 0 Å². The van der Waals surface area contributed by atoms with Crippen molar-refractivity contribution in [2.75, 3.05) is 26.7 Å². The summed E-state index contributed by atoms with van der Waals surface area (Å²) in [7, 11) is 2.24. The van der Waals surface area contributed by atoms with Crippen LogP contribution in [0, 0.1) is 0 Å². The van der Waals surface area contributed by atoms with Gasteiger partial charge in [-0.1, -0.05) is 17.7 Å². The van der Waals surface area contributed by atoms with E-state index in [-0.39, 0.29) is 5.54 Å². The summed E-state index contributed by atoms with van der Waals surface area (Å²) in [5.74, 6) is 1.35. The first kappa shape index (κ1) is 19.3. The molecule has 1 atom stereocenters. The lowest BCUT2D eigenvalue weighted by molar-refractivity contribution is -0.122. The summed E-state index contributed by atoms with van der Waals surface area (Å²) >= 11 is 0. The first-order valence-corrected chi connectivity index (χ1v) is 10.5. The van der Waals surface area contributed by atoms with E-state index >= 15 is 0 Å². The Kier molecular flexibility index (Phi) is 5.33. The quantitative estimate of drug-likeness (QED) is 0.730. The largest absolute Gasteiger partial charge is 0.490 e. The van der Waals surface area contributed by atoms with Gasteiger partial charge in [0.2, 0.25) is 0 Å². The predicted molar refractivity (Wildman–Crippen MR) is 113 cm³/mol. The zero-order chi connectivity index (χ0) is 19.7. The number of piperazine rings is 1. The second-order valence-electron chi connectivity index (χ2n) is 8.94. The van der Waals surface area contributed by atoms with Crippen LogP contribution in [0.5, 0.6) is 5.75 Å². The lowest BCUT2D eigenvalue weighted by Crippen LogP contribution is -2.49. The number of ketones is 1. The Hall–Kier alpha value is -2.07. The van der Waals surface area contributed by atoms with Crippen molar-refractivity contribution in [1.29, 1.82) is 0 Å². The Morgan fingerprint density at radius 2 is 1.93 bits per heavy atom. The maximum absolute atomic E-state index is 11.8. The van der Waals surface area contributed by atoms with Gasteiger partial charge in [-0.05, 0) is 70.0 Å². The standard InChI is InChI=1S/C24H32N2O2/c1-18(2)10-13-28-23-6-4-19(5-7-23)14-20-16-25(3)21-15-24(26(20)17-21)11-8-22(27)9-12-24/h4-7,10,14,21H,8-9,11-13,15-17H2,1-3H3/b20-14-/t21-/m0/s1. The lowest BCUT2D eigenvalue weighted by Gasteiger charge is -2.44. The minimum absolute atomic E-state index is 0.197. The third kappa shape index (κ3) is 3.88. The normalized spacial score (nSPS) is 25.4. The molecule has 0 unspecified atom stereocenters. The van der Waals surface area contributed by atoms with E-state index in [1.165, 1.54) is 23.3 Å². The molecule has 4 rings (SSSR count). The molecule has 0 N–H and O–H groups in total. The highest BCUT2D eigenvalue weighted by Crippen LogP contribution is 2.46. The molecule has 1 aliphatic carbocycles. The van der Waals surface area contributed by atoms with E-state index in [9.17, 15) is 4.79 Å². The van der Waals surface area contributed by atoms with E-state index in [4.69, 9.17) is 4.74 Å². The van der Waals surface area contributed by atoms with Gasteiger partial charge in [0.15, 0.2) is 0 Å². The Morgan fingerprint density at radius 1 is 1.21 bits per heavy atom. The summed E-state index contributed by atoms with van der Waals surface area (Å²) in [5, 5.41) is 0. The van der Waals surface area contributed by atoms with Crippen LogP contribution < -0.4 is 4.74 Å². The molecular weight excluding hydrogens is 348 g/mol. The van der Waals surface area contributed by atoms with Crippen LogP contribution in [-0.4, -0.2) is 53.9 Å². The maximum atomic E-state index is 11.8. The number of ether oxygens (including phenoxy) is 1. The third-order valence-corrected chi connectivity index (χ3v) is 6.66. The van der Waals surface area contributed by atoms with Gasteiger partial charge in [-0.15, -0.1) is 0 Å². The van der Waals surface area contributed by atoms with Gasteiger partial charge in [-0.25, -0.2) is 0 Å². The highest BCUT2D eigenvalue weighted by Gasteiger charge is 2.51. The Morgan fingerprint density at radius 3 is 2.61 bits per heavy atom. The monoisotopic (exact) mass is 380 g/mol. The van der Waals surface area contributed by atoms with E-state index in [0.717, 1.165) is 44.5 Å². The fourth-order valence-corrected chi connectivity index (χ4v) is 4.95. The topological polar surface area (TPSA) is 32.8 Å². The smallest absolute Gasteiger partial charge is 0.133 e. The van der Waals surface area contributed by atoms with Crippen LogP contribution in [0.2, 0.25) is 0 Å². The van der Waals surface area contributed by atoms with Crippen molar-refractivity contribution in [2.24, 2.45) is 0 Å². The molecule has 150 valence electrons.